The van der Waals surface area contributed by atoms with E-state index in [2.05, 4.69) is 24.7 Å². The summed E-state index contributed by atoms with van der Waals surface area (Å²) in [5.41, 5.74) is 5.77. The van der Waals surface area contributed by atoms with Crippen LogP contribution in [0.25, 0.3) is 0 Å². The fourth-order valence-corrected chi connectivity index (χ4v) is 3.10. The van der Waals surface area contributed by atoms with Crippen molar-refractivity contribution in [2.45, 2.75) is 45.4 Å². The molecule has 1 saturated carbocycles. The maximum absolute atomic E-state index is 12.2. The van der Waals surface area contributed by atoms with Gasteiger partial charge >= 0.3 is 5.97 Å². The fourth-order valence-electron chi connectivity index (χ4n) is 3.10. The lowest BCUT2D eigenvalue weighted by Crippen LogP contribution is -2.49. The van der Waals surface area contributed by atoms with Gasteiger partial charge in [0.2, 0.25) is 5.91 Å². The minimum absolute atomic E-state index is 0.242. The van der Waals surface area contributed by atoms with Gasteiger partial charge in [-0.15, -0.1) is 0 Å². The summed E-state index contributed by atoms with van der Waals surface area (Å²) in [5.74, 6) is -2.28. The van der Waals surface area contributed by atoms with Crippen LogP contribution in [0.1, 0.15) is 51.0 Å². The zero-order valence-electron chi connectivity index (χ0n) is 15.2. The number of carbonyl (C=O) groups is 3. The Bertz CT molecular complexity index is 642. The lowest BCUT2D eigenvalue weighted by atomic mass is 9.79. The van der Waals surface area contributed by atoms with E-state index in [0.29, 0.717) is 24.5 Å². The lowest BCUT2D eigenvalue weighted by Gasteiger charge is -2.27. The molecule has 0 heterocycles. The first-order chi connectivity index (χ1) is 12.4. The highest BCUT2D eigenvalue weighted by Gasteiger charge is 2.35. The predicted octanol–water partition coefficient (Wildman–Crippen LogP) is 2.23. The Hall–Kier alpha value is -2.57. The fraction of sp³-hybridized carbons (Fsp3) is 0.526. The molecule has 1 fully saturated rings. The summed E-state index contributed by atoms with van der Waals surface area (Å²) in [6.07, 6.45) is 2.61. The van der Waals surface area contributed by atoms with E-state index in [1.807, 2.05) is 12.1 Å². The first kappa shape index (κ1) is 19.8. The van der Waals surface area contributed by atoms with Gasteiger partial charge < -0.3 is 9.84 Å². The number of hydrogen-bond donors (Lipinski definition) is 3. The van der Waals surface area contributed by atoms with Crippen molar-refractivity contribution < 1.29 is 24.2 Å². The Balaban J connectivity index is 1.77. The van der Waals surface area contributed by atoms with E-state index in [4.69, 9.17) is 4.74 Å². The van der Waals surface area contributed by atoms with Gasteiger partial charge in [-0.2, -0.15) is 0 Å². The van der Waals surface area contributed by atoms with Gasteiger partial charge in [0.15, 0.2) is 6.61 Å². The average Bonchev–Trinajstić information content (AvgIpc) is 2.64. The summed E-state index contributed by atoms with van der Waals surface area (Å²) in [6.45, 7) is 3.94. The quantitative estimate of drug-likeness (QED) is 0.673. The molecule has 0 aromatic heterocycles. The number of carboxylic acids is 1. The Morgan fingerprint density at radius 3 is 2.27 bits per heavy atom. The number of hydrazine groups is 1. The van der Waals surface area contributed by atoms with E-state index >= 15 is 0 Å². The van der Waals surface area contributed by atoms with Gasteiger partial charge in [-0.05, 0) is 36.5 Å². The number of amides is 2. The number of ether oxygens (including phenoxy) is 1. The second-order valence-corrected chi connectivity index (χ2v) is 6.89. The summed E-state index contributed by atoms with van der Waals surface area (Å²) in [5, 5.41) is 9.21. The maximum Gasteiger partial charge on any atom is 0.307 e. The van der Waals surface area contributed by atoms with E-state index < -0.39 is 29.6 Å². The highest BCUT2D eigenvalue weighted by Crippen LogP contribution is 2.30. The van der Waals surface area contributed by atoms with E-state index in [9.17, 15) is 19.5 Å². The molecule has 1 aliphatic rings. The molecule has 0 bridgehead atoms. The number of hydrogen-bond acceptors (Lipinski definition) is 4. The molecule has 1 aliphatic carbocycles. The molecule has 0 aliphatic heterocycles. The van der Waals surface area contributed by atoms with Crippen LogP contribution < -0.4 is 15.6 Å². The molecule has 7 nitrogen and oxygen atoms in total. The number of nitrogens with one attached hydrogen (secondary N) is 2. The third-order valence-electron chi connectivity index (χ3n) is 4.66. The number of benzene rings is 1. The molecule has 0 saturated heterocycles. The van der Waals surface area contributed by atoms with Crippen LogP contribution in [-0.2, 0) is 14.4 Å². The Labute approximate surface area is 153 Å². The van der Waals surface area contributed by atoms with Crippen molar-refractivity contribution in [2.24, 2.45) is 11.8 Å². The zero-order valence-corrected chi connectivity index (χ0v) is 15.2. The van der Waals surface area contributed by atoms with Crippen LogP contribution in [0.2, 0.25) is 0 Å². The molecule has 2 atom stereocenters. The van der Waals surface area contributed by atoms with Crippen molar-refractivity contribution in [1.82, 2.24) is 10.9 Å². The second kappa shape index (κ2) is 9.22. The molecule has 26 heavy (non-hydrogen) atoms. The van der Waals surface area contributed by atoms with Crippen LogP contribution in [-0.4, -0.2) is 29.5 Å². The standard InChI is InChI=1S/C19H26N2O5/c1-12(2)13-7-9-14(10-8-13)26-11-17(22)20-21-18(23)15-5-3-4-6-16(15)19(24)25/h7-10,12,15-16H,3-6,11H2,1-2H3,(H,20,22)(H,21,23)(H,24,25)/t15-,16-/m0/s1. The molecular formula is C19H26N2O5. The molecule has 0 unspecified atom stereocenters. The predicted molar refractivity (Wildman–Crippen MR) is 95.4 cm³/mol. The Kier molecular flexibility index (Phi) is 7.00. The SMILES string of the molecule is CC(C)c1ccc(OCC(=O)NNC(=O)[C@H]2CCCC[C@@H]2C(=O)O)cc1. The Morgan fingerprint density at radius 2 is 1.69 bits per heavy atom. The van der Waals surface area contributed by atoms with Crippen molar-refractivity contribution in [1.29, 1.82) is 0 Å². The van der Waals surface area contributed by atoms with E-state index in [1.54, 1.807) is 12.1 Å². The highest BCUT2D eigenvalue weighted by atomic mass is 16.5. The smallest absolute Gasteiger partial charge is 0.307 e. The van der Waals surface area contributed by atoms with Crippen LogP contribution >= 0.6 is 0 Å². The molecule has 0 radical (unpaired) electrons. The van der Waals surface area contributed by atoms with Gasteiger partial charge in [0.05, 0.1) is 11.8 Å². The number of aliphatic carboxylic acids is 1. The first-order valence-electron chi connectivity index (χ1n) is 8.92. The van der Waals surface area contributed by atoms with Gasteiger partial charge in [0, 0.05) is 0 Å². The summed E-state index contributed by atoms with van der Waals surface area (Å²) in [6, 6.07) is 7.46. The molecule has 0 spiro atoms. The van der Waals surface area contributed by atoms with Crippen LogP contribution in [0, 0.1) is 11.8 Å². The van der Waals surface area contributed by atoms with Gasteiger partial charge in [-0.25, -0.2) is 0 Å². The summed E-state index contributed by atoms with van der Waals surface area (Å²) < 4.78 is 5.38. The molecule has 1 aromatic rings. The van der Waals surface area contributed by atoms with E-state index in [0.717, 1.165) is 12.8 Å². The van der Waals surface area contributed by atoms with Crippen molar-refractivity contribution in [2.75, 3.05) is 6.61 Å². The summed E-state index contributed by atoms with van der Waals surface area (Å²) in [7, 11) is 0. The van der Waals surface area contributed by atoms with Crippen molar-refractivity contribution >= 4 is 17.8 Å². The largest absolute Gasteiger partial charge is 0.484 e. The average molecular weight is 362 g/mol. The van der Waals surface area contributed by atoms with Gasteiger partial charge in [-0.3, -0.25) is 25.2 Å². The van der Waals surface area contributed by atoms with Crippen LogP contribution in [0.3, 0.4) is 0 Å². The summed E-state index contributed by atoms with van der Waals surface area (Å²) in [4.78, 5) is 35.2. The minimum atomic E-state index is -0.968. The van der Waals surface area contributed by atoms with Crippen molar-refractivity contribution in [3.05, 3.63) is 29.8 Å². The minimum Gasteiger partial charge on any atom is -0.484 e. The molecule has 7 heteroatoms. The molecule has 1 aromatic carbocycles. The zero-order chi connectivity index (χ0) is 19.1. The lowest BCUT2D eigenvalue weighted by molar-refractivity contribution is -0.149. The van der Waals surface area contributed by atoms with Crippen molar-refractivity contribution in [3.63, 3.8) is 0 Å². The van der Waals surface area contributed by atoms with E-state index in [1.165, 1.54) is 5.56 Å². The summed E-state index contributed by atoms with van der Waals surface area (Å²) >= 11 is 0. The Morgan fingerprint density at radius 1 is 1.08 bits per heavy atom. The normalized spacial score (nSPS) is 19.7. The van der Waals surface area contributed by atoms with Gasteiger partial charge in [0.1, 0.15) is 5.75 Å². The van der Waals surface area contributed by atoms with Crippen LogP contribution in [0.15, 0.2) is 24.3 Å². The molecular weight excluding hydrogens is 336 g/mol. The van der Waals surface area contributed by atoms with Crippen molar-refractivity contribution in [3.8, 4) is 5.75 Å². The molecule has 142 valence electrons. The third kappa shape index (κ3) is 5.47. The highest BCUT2D eigenvalue weighted by molar-refractivity contribution is 5.87. The van der Waals surface area contributed by atoms with Gasteiger partial charge in [-0.1, -0.05) is 38.8 Å². The number of rotatable bonds is 6. The first-order valence-corrected chi connectivity index (χ1v) is 8.92. The number of carboxylic acid groups (broad SMARTS) is 1. The second-order valence-electron chi connectivity index (χ2n) is 6.89. The maximum atomic E-state index is 12.2. The van der Waals surface area contributed by atoms with Crippen LogP contribution in [0.4, 0.5) is 0 Å². The molecule has 2 rings (SSSR count). The third-order valence-corrected chi connectivity index (χ3v) is 4.66. The monoisotopic (exact) mass is 362 g/mol. The number of carbonyl (C=O) groups excluding carboxylic acids is 2. The molecule has 2 amide bonds. The van der Waals surface area contributed by atoms with Gasteiger partial charge in [0.25, 0.3) is 5.91 Å². The van der Waals surface area contributed by atoms with Crippen LogP contribution in [0.5, 0.6) is 5.75 Å². The van der Waals surface area contributed by atoms with E-state index in [-0.39, 0.29) is 6.61 Å². The molecule has 3 N–H and O–H groups in total. The topological polar surface area (TPSA) is 105 Å².